The van der Waals surface area contributed by atoms with Gasteiger partial charge in [0.05, 0.1) is 30.8 Å². The second-order valence-electron chi connectivity index (χ2n) is 8.55. The second kappa shape index (κ2) is 7.73. The Hall–Kier alpha value is -2.77. The highest BCUT2D eigenvalue weighted by Gasteiger charge is 2.31. The zero-order valence-corrected chi connectivity index (χ0v) is 18.4. The van der Waals surface area contributed by atoms with Crippen LogP contribution in [0.25, 0.3) is 21.3 Å². The Morgan fingerprint density at radius 2 is 2.03 bits per heavy atom. The SMILES string of the molecule is Cc1cnn(CC2CN(c3nc(C4CC4)nc4scc(-c5ccccc5)c34)CCO2)c1. The van der Waals surface area contributed by atoms with Crippen molar-refractivity contribution in [2.45, 2.75) is 38.3 Å². The maximum Gasteiger partial charge on any atom is 0.141 e. The molecule has 2 fully saturated rings. The van der Waals surface area contributed by atoms with Crippen LogP contribution in [0.3, 0.4) is 0 Å². The van der Waals surface area contributed by atoms with Gasteiger partial charge in [-0.15, -0.1) is 11.3 Å². The lowest BCUT2D eigenvalue weighted by molar-refractivity contribution is 0.0272. The Kier molecular flexibility index (Phi) is 4.73. The van der Waals surface area contributed by atoms with Crippen LogP contribution in [0.5, 0.6) is 0 Å². The first kappa shape index (κ1) is 19.0. The summed E-state index contributed by atoms with van der Waals surface area (Å²) in [6, 6.07) is 10.6. The van der Waals surface area contributed by atoms with Gasteiger partial charge in [-0.2, -0.15) is 5.10 Å². The molecule has 1 unspecified atom stereocenters. The van der Waals surface area contributed by atoms with E-state index in [1.807, 2.05) is 10.9 Å². The van der Waals surface area contributed by atoms with Crippen molar-refractivity contribution in [3.8, 4) is 11.1 Å². The summed E-state index contributed by atoms with van der Waals surface area (Å²) in [5.74, 6) is 2.60. The molecule has 0 radical (unpaired) electrons. The van der Waals surface area contributed by atoms with Crippen LogP contribution in [-0.2, 0) is 11.3 Å². The van der Waals surface area contributed by atoms with Crippen LogP contribution in [0.1, 0.15) is 30.1 Å². The summed E-state index contributed by atoms with van der Waals surface area (Å²) in [4.78, 5) is 13.6. The lowest BCUT2D eigenvalue weighted by Gasteiger charge is -2.34. The number of ether oxygens (including phenoxy) is 1. The van der Waals surface area contributed by atoms with Crippen molar-refractivity contribution in [1.29, 1.82) is 0 Å². The first-order valence-electron chi connectivity index (χ1n) is 10.9. The summed E-state index contributed by atoms with van der Waals surface area (Å²) < 4.78 is 8.08. The highest BCUT2D eigenvalue weighted by molar-refractivity contribution is 7.17. The molecule has 4 aromatic rings. The van der Waals surface area contributed by atoms with Crippen LogP contribution < -0.4 is 4.90 Å². The van der Waals surface area contributed by atoms with Gasteiger partial charge in [0, 0.05) is 36.1 Å². The molecular weight excluding hydrogens is 406 g/mol. The first-order valence-corrected chi connectivity index (χ1v) is 11.8. The molecule has 1 saturated carbocycles. The monoisotopic (exact) mass is 431 g/mol. The predicted octanol–water partition coefficient (Wildman–Crippen LogP) is 4.65. The van der Waals surface area contributed by atoms with E-state index in [4.69, 9.17) is 14.7 Å². The predicted molar refractivity (Wildman–Crippen MR) is 124 cm³/mol. The summed E-state index contributed by atoms with van der Waals surface area (Å²) in [6.45, 7) is 5.16. The topological polar surface area (TPSA) is 56.1 Å². The van der Waals surface area contributed by atoms with E-state index in [0.29, 0.717) is 12.5 Å². The van der Waals surface area contributed by atoms with Gasteiger partial charge in [0.25, 0.3) is 0 Å². The van der Waals surface area contributed by atoms with E-state index in [0.717, 1.165) is 36.1 Å². The molecule has 31 heavy (non-hydrogen) atoms. The van der Waals surface area contributed by atoms with Crippen LogP contribution in [-0.4, -0.2) is 45.5 Å². The van der Waals surface area contributed by atoms with Crippen molar-refractivity contribution in [1.82, 2.24) is 19.7 Å². The molecule has 0 N–H and O–H groups in total. The van der Waals surface area contributed by atoms with Gasteiger partial charge in [-0.3, -0.25) is 4.68 Å². The van der Waals surface area contributed by atoms with Gasteiger partial charge in [-0.1, -0.05) is 30.3 Å². The summed E-state index contributed by atoms with van der Waals surface area (Å²) >= 11 is 1.73. The minimum Gasteiger partial charge on any atom is -0.373 e. The number of fused-ring (bicyclic) bond motifs is 1. The van der Waals surface area contributed by atoms with E-state index >= 15 is 0 Å². The number of hydrogen-bond acceptors (Lipinski definition) is 6. The molecule has 1 aliphatic heterocycles. The third-order valence-electron chi connectivity index (χ3n) is 6.05. The second-order valence-corrected chi connectivity index (χ2v) is 9.41. The average molecular weight is 432 g/mol. The fraction of sp³-hybridized carbons (Fsp3) is 0.375. The van der Waals surface area contributed by atoms with Crippen LogP contribution in [0.15, 0.2) is 48.1 Å². The molecular formula is C24H25N5OS. The van der Waals surface area contributed by atoms with E-state index < -0.39 is 0 Å². The van der Waals surface area contributed by atoms with Gasteiger partial charge in [-0.05, 0) is 30.9 Å². The van der Waals surface area contributed by atoms with Gasteiger partial charge in [0.15, 0.2) is 0 Å². The van der Waals surface area contributed by atoms with Gasteiger partial charge >= 0.3 is 0 Å². The molecule has 3 aromatic heterocycles. The van der Waals surface area contributed by atoms with Crippen molar-refractivity contribution in [3.05, 3.63) is 59.5 Å². The number of aryl methyl sites for hydroxylation is 1. The van der Waals surface area contributed by atoms with E-state index in [1.54, 1.807) is 11.3 Å². The third-order valence-corrected chi connectivity index (χ3v) is 6.92. The van der Waals surface area contributed by atoms with Crippen LogP contribution >= 0.6 is 11.3 Å². The zero-order valence-electron chi connectivity index (χ0n) is 17.6. The van der Waals surface area contributed by atoms with Gasteiger partial charge < -0.3 is 9.64 Å². The van der Waals surface area contributed by atoms with Crippen molar-refractivity contribution < 1.29 is 4.74 Å². The maximum atomic E-state index is 6.10. The standard InChI is InChI=1S/C24H25N5OS/c1-16-11-25-29(12-16)14-19-13-28(9-10-30-19)23-21-20(17-5-3-2-4-6-17)15-31-24(21)27-22(26-23)18-7-8-18/h2-6,11-12,15,18-19H,7-10,13-14H2,1H3. The lowest BCUT2D eigenvalue weighted by Crippen LogP contribution is -2.45. The van der Waals surface area contributed by atoms with Gasteiger partial charge in [0.2, 0.25) is 0 Å². The number of benzene rings is 1. The van der Waals surface area contributed by atoms with E-state index in [9.17, 15) is 0 Å². The van der Waals surface area contributed by atoms with Crippen LogP contribution in [0.4, 0.5) is 5.82 Å². The molecule has 0 spiro atoms. The van der Waals surface area contributed by atoms with E-state index in [1.165, 1.54) is 34.9 Å². The Labute approximate surface area is 185 Å². The normalized spacial score (nSPS) is 19.3. The number of rotatable bonds is 5. The number of hydrogen-bond donors (Lipinski definition) is 0. The Morgan fingerprint density at radius 1 is 1.16 bits per heavy atom. The minimum atomic E-state index is 0.0845. The molecule has 4 heterocycles. The molecule has 6 rings (SSSR count). The summed E-state index contributed by atoms with van der Waals surface area (Å²) in [7, 11) is 0. The lowest BCUT2D eigenvalue weighted by atomic mass is 10.1. The van der Waals surface area contributed by atoms with Crippen molar-refractivity contribution in [2.75, 3.05) is 24.6 Å². The van der Waals surface area contributed by atoms with Crippen LogP contribution in [0.2, 0.25) is 0 Å². The van der Waals surface area contributed by atoms with E-state index in [2.05, 4.69) is 58.8 Å². The minimum absolute atomic E-state index is 0.0845. The molecule has 1 saturated heterocycles. The molecule has 158 valence electrons. The van der Waals surface area contributed by atoms with Gasteiger partial charge in [-0.25, -0.2) is 9.97 Å². The largest absolute Gasteiger partial charge is 0.373 e. The van der Waals surface area contributed by atoms with E-state index in [-0.39, 0.29) is 6.10 Å². The zero-order chi connectivity index (χ0) is 20.8. The number of anilines is 1. The molecule has 0 bridgehead atoms. The quantitative estimate of drug-likeness (QED) is 0.461. The molecule has 1 aliphatic carbocycles. The van der Waals surface area contributed by atoms with Crippen molar-refractivity contribution >= 4 is 27.4 Å². The molecule has 0 amide bonds. The maximum absolute atomic E-state index is 6.10. The number of nitrogens with zero attached hydrogens (tertiary/aromatic N) is 5. The Bertz CT molecular complexity index is 1210. The Balaban J connectivity index is 1.39. The number of thiophene rings is 1. The smallest absolute Gasteiger partial charge is 0.141 e. The summed E-state index contributed by atoms with van der Waals surface area (Å²) in [5.41, 5.74) is 3.61. The third kappa shape index (κ3) is 3.72. The average Bonchev–Trinajstić information content (AvgIpc) is 3.44. The highest BCUT2D eigenvalue weighted by Crippen LogP contribution is 2.43. The number of morpholine rings is 1. The summed E-state index contributed by atoms with van der Waals surface area (Å²) in [6.07, 6.45) is 6.45. The Morgan fingerprint density at radius 3 is 2.81 bits per heavy atom. The molecule has 2 aliphatic rings. The highest BCUT2D eigenvalue weighted by atomic mass is 32.1. The van der Waals surface area contributed by atoms with Crippen LogP contribution in [0, 0.1) is 6.92 Å². The fourth-order valence-electron chi connectivity index (χ4n) is 4.32. The number of aromatic nitrogens is 4. The first-order chi connectivity index (χ1) is 15.2. The molecule has 1 aromatic carbocycles. The molecule has 6 nitrogen and oxygen atoms in total. The molecule has 1 atom stereocenters. The van der Waals surface area contributed by atoms with Crippen molar-refractivity contribution in [3.63, 3.8) is 0 Å². The van der Waals surface area contributed by atoms with Crippen molar-refractivity contribution in [2.24, 2.45) is 0 Å². The molecule has 7 heteroatoms. The summed E-state index contributed by atoms with van der Waals surface area (Å²) in [5, 5.41) is 7.86. The fourth-order valence-corrected chi connectivity index (χ4v) is 5.27. The van der Waals surface area contributed by atoms with Gasteiger partial charge in [0.1, 0.15) is 16.5 Å².